The Hall–Kier alpha value is -1.22. The Morgan fingerprint density at radius 2 is 1.90 bits per heavy atom. The first-order chi connectivity index (χ1) is 9.76. The number of fused-ring (bicyclic) bond motifs is 1. The van der Waals surface area contributed by atoms with Crippen LogP contribution in [0.3, 0.4) is 0 Å². The summed E-state index contributed by atoms with van der Waals surface area (Å²) in [5, 5.41) is 0. The maximum atomic E-state index is 5.82. The van der Waals surface area contributed by atoms with Crippen LogP contribution in [-0.2, 0) is 6.42 Å². The van der Waals surface area contributed by atoms with Crippen LogP contribution >= 0.6 is 24.2 Å². The molecule has 0 aromatic heterocycles. The van der Waals surface area contributed by atoms with E-state index in [0.29, 0.717) is 6.54 Å². The summed E-state index contributed by atoms with van der Waals surface area (Å²) in [6, 6.07) is 15.4. The molecule has 0 bridgehead atoms. The zero-order valence-electron chi connectivity index (χ0n) is 12.1. The van der Waals surface area contributed by atoms with Crippen molar-refractivity contribution in [1.29, 1.82) is 0 Å². The third-order valence-electron chi connectivity index (χ3n) is 3.67. The van der Waals surface area contributed by atoms with Gasteiger partial charge in [-0.2, -0.15) is 0 Å². The summed E-state index contributed by atoms with van der Waals surface area (Å²) in [6.45, 7) is 2.77. The zero-order valence-corrected chi connectivity index (χ0v) is 13.8. The summed E-state index contributed by atoms with van der Waals surface area (Å²) in [6.07, 6.45) is 4.51. The normalized spacial score (nSPS) is 13.1. The van der Waals surface area contributed by atoms with E-state index in [0.717, 1.165) is 12.8 Å². The van der Waals surface area contributed by atoms with Gasteiger partial charge in [0.05, 0.1) is 0 Å². The van der Waals surface area contributed by atoms with Gasteiger partial charge in [-0.25, -0.2) is 0 Å². The summed E-state index contributed by atoms with van der Waals surface area (Å²) in [5.41, 5.74) is 11.2. The molecule has 0 fully saturated rings. The molecule has 0 spiro atoms. The lowest BCUT2D eigenvalue weighted by molar-refractivity contribution is 0.960. The van der Waals surface area contributed by atoms with Crippen LogP contribution in [0.4, 0.5) is 0 Å². The van der Waals surface area contributed by atoms with Crippen molar-refractivity contribution in [2.45, 2.75) is 29.6 Å². The van der Waals surface area contributed by atoms with E-state index in [1.807, 2.05) is 11.8 Å². The zero-order chi connectivity index (χ0) is 13.9. The van der Waals surface area contributed by atoms with E-state index in [-0.39, 0.29) is 12.4 Å². The fraction of sp³-hybridized carbons (Fsp3) is 0.222. The molecule has 0 amide bonds. The van der Waals surface area contributed by atoms with E-state index in [1.165, 1.54) is 32.1 Å². The second kappa shape index (κ2) is 7.17. The topological polar surface area (TPSA) is 26.0 Å². The van der Waals surface area contributed by atoms with Crippen LogP contribution < -0.4 is 5.73 Å². The first-order valence-electron chi connectivity index (χ1n) is 7.03. The molecule has 0 heterocycles. The number of hydrogen-bond acceptors (Lipinski definition) is 2. The van der Waals surface area contributed by atoms with Crippen LogP contribution in [0, 0.1) is 6.92 Å². The molecule has 0 radical (unpaired) electrons. The second-order valence-corrected chi connectivity index (χ2v) is 6.36. The van der Waals surface area contributed by atoms with Gasteiger partial charge in [-0.15, -0.1) is 12.4 Å². The van der Waals surface area contributed by atoms with Gasteiger partial charge < -0.3 is 5.73 Å². The van der Waals surface area contributed by atoms with Gasteiger partial charge in [-0.3, -0.25) is 0 Å². The Balaban J connectivity index is 0.00000161. The highest BCUT2D eigenvalue weighted by Gasteiger charge is 2.12. The minimum Gasteiger partial charge on any atom is -0.326 e. The summed E-state index contributed by atoms with van der Waals surface area (Å²) < 4.78 is 0. The van der Waals surface area contributed by atoms with Crippen molar-refractivity contribution in [1.82, 2.24) is 0 Å². The quantitative estimate of drug-likeness (QED) is 0.875. The van der Waals surface area contributed by atoms with Gasteiger partial charge in [0.25, 0.3) is 0 Å². The molecule has 0 unspecified atom stereocenters. The Kier molecular flexibility index (Phi) is 5.51. The van der Waals surface area contributed by atoms with Gasteiger partial charge in [-0.1, -0.05) is 41.6 Å². The van der Waals surface area contributed by atoms with Gasteiger partial charge in [0.1, 0.15) is 0 Å². The van der Waals surface area contributed by atoms with Gasteiger partial charge in [0.2, 0.25) is 0 Å². The standard InChI is InChI=1S/C18H19NS.ClH/c1-13-4-2-7-16(10-13)20-17-8-9-18-14(11-17)5-3-6-15(18)12-19;/h2,4,6-11H,3,5,12,19H2,1H3;1H. The first kappa shape index (κ1) is 16.2. The lowest BCUT2D eigenvalue weighted by atomic mass is 9.91. The van der Waals surface area contributed by atoms with Crippen LogP contribution in [0.1, 0.15) is 23.1 Å². The molecule has 0 atom stereocenters. The van der Waals surface area contributed by atoms with Crippen molar-refractivity contribution >= 4 is 29.7 Å². The smallest absolute Gasteiger partial charge is 0.0181 e. The lowest BCUT2D eigenvalue weighted by Gasteiger charge is -2.17. The maximum absolute atomic E-state index is 5.82. The van der Waals surface area contributed by atoms with Crippen molar-refractivity contribution in [3.05, 3.63) is 65.2 Å². The van der Waals surface area contributed by atoms with E-state index >= 15 is 0 Å². The molecule has 0 aliphatic heterocycles. The molecular formula is C18H20ClNS. The van der Waals surface area contributed by atoms with Crippen molar-refractivity contribution in [2.24, 2.45) is 5.73 Å². The molecule has 1 aliphatic carbocycles. The highest BCUT2D eigenvalue weighted by Crippen LogP contribution is 2.33. The van der Waals surface area contributed by atoms with Crippen molar-refractivity contribution in [3.63, 3.8) is 0 Å². The van der Waals surface area contributed by atoms with E-state index < -0.39 is 0 Å². The van der Waals surface area contributed by atoms with Crippen LogP contribution in [0.2, 0.25) is 0 Å². The number of aryl methyl sites for hydroxylation is 2. The van der Waals surface area contributed by atoms with Gasteiger partial charge in [-0.05, 0) is 60.7 Å². The third kappa shape index (κ3) is 3.70. The van der Waals surface area contributed by atoms with Crippen LogP contribution in [0.15, 0.2) is 58.3 Å². The average molecular weight is 318 g/mol. The van der Waals surface area contributed by atoms with E-state index in [2.05, 4.69) is 55.5 Å². The Morgan fingerprint density at radius 1 is 1.10 bits per heavy atom. The molecule has 1 aliphatic rings. The number of rotatable bonds is 3. The number of nitrogens with two attached hydrogens (primary N) is 1. The summed E-state index contributed by atoms with van der Waals surface area (Å²) >= 11 is 1.83. The minimum atomic E-state index is 0. The van der Waals surface area contributed by atoms with Crippen LogP contribution in [0.25, 0.3) is 5.57 Å². The Morgan fingerprint density at radius 3 is 2.67 bits per heavy atom. The molecule has 0 saturated carbocycles. The van der Waals surface area contributed by atoms with Gasteiger partial charge in [0.15, 0.2) is 0 Å². The lowest BCUT2D eigenvalue weighted by Crippen LogP contribution is -2.08. The van der Waals surface area contributed by atoms with E-state index in [9.17, 15) is 0 Å². The fourth-order valence-corrected chi connectivity index (χ4v) is 3.67. The predicted molar refractivity (Wildman–Crippen MR) is 94.3 cm³/mol. The molecule has 21 heavy (non-hydrogen) atoms. The van der Waals surface area contributed by atoms with Gasteiger partial charge >= 0.3 is 0 Å². The molecular weight excluding hydrogens is 298 g/mol. The first-order valence-corrected chi connectivity index (χ1v) is 7.85. The fourth-order valence-electron chi connectivity index (χ4n) is 2.67. The third-order valence-corrected chi connectivity index (χ3v) is 4.65. The molecule has 3 rings (SSSR count). The summed E-state index contributed by atoms with van der Waals surface area (Å²) in [7, 11) is 0. The number of allylic oxidation sites excluding steroid dienone is 1. The van der Waals surface area contributed by atoms with Gasteiger partial charge in [0, 0.05) is 16.3 Å². The second-order valence-electron chi connectivity index (χ2n) is 5.21. The highest BCUT2D eigenvalue weighted by atomic mass is 35.5. The van der Waals surface area contributed by atoms with E-state index in [4.69, 9.17) is 5.73 Å². The van der Waals surface area contributed by atoms with Crippen molar-refractivity contribution < 1.29 is 0 Å². The molecule has 110 valence electrons. The maximum Gasteiger partial charge on any atom is 0.0181 e. The predicted octanol–water partition coefficient (Wildman–Crippen LogP) is 4.86. The molecule has 2 aromatic carbocycles. The summed E-state index contributed by atoms with van der Waals surface area (Å²) in [5.74, 6) is 0. The number of hydrogen-bond donors (Lipinski definition) is 1. The molecule has 2 N–H and O–H groups in total. The largest absolute Gasteiger partial charge is 0.326 e. The average Bonchev–Trinajstić information content (AvgIpc) is 2.46. The monoisotopic (exact) mass is 317 g/mol. The van der Waals surface area contributed by atoms with Crippen LogP contribution in [-0.4, -0.2) is 6.54 Å². The molecule has 3 heteroatoms. The molecule has 2 aromatic rings. The Bertz CT molecular complexity index is 664. The van der Waals surface area contributed by atoms with E-state index in [1.54, 1.807) is 0 Å². The Labute approximate surface area is 137 Å². The van der Waals surface area contributed by atoms with Crippen LogP contribution in [0.5, 0.6) is 0 Å². The van der Waals surface area contributed by atoms with Crippen molar-refractivity contribution in [3.8, 4) is 0 Å². The van der Waals surface area contributed by atoms with Crippen molar-refractivity contribution in [2.75, 3.05) is 6.54 Å². The minimum absolute atomic E-state index is 0. The highest BCUT2D eigenvalue weighted by molar-refractivity contribution is 7.99. The molecule has 0 saturated heterocycles. The number of benzene rings is 2. The SMILES string of the molecule is Cc1cccc(Sc2ccc3c(c2)CCC=C3CN)c1.Cl. The molecule has 1 nitrogen and oxygen atoms in total. The summed E-state index contributed by atoms with van der Waals surface area (Å²) in [4.78, 5) is 2.61. The number of halogens is 1.